The molecule has 1 aliphatic carbocycles. The minimum Gasteiger partial charge on any atom is -0.496 e. The van der Waals surface area contributed by atoms with E-state index in [1.165, 1.54) is 37.4 Å². The molecule has 6 nitrogen and oxygen atoms in total. The molecule has 0 radical (unpaired) electrons. The Morgan fingerprint density at radius 2 is 1.87 bits per heavy atom. The molecule has 7 heteroatoms. The summed E-state index contributed by atoms with van der Waals surface area (Å²) >= 11 is 1.53. The summed E-state index contributed by atoms with van der Waals surface area (Å²) in [5.41, 5.74) is 0.959. The SMILES string of the molecule is COc1ccccc1-c1nnc(SCC(=O)N2CCCCC2C)n1C1CCCCC1. The van der Waals surface area contributed by atoms with Crippen molar-refractivity contribution >= 4 is 17.7 Å². The summed E-state index contributed by atoms with van der Waals surface area (Å²) in [6.07, 6.45) is 9.43. The van der Waals surface area contributed by atoms with Crippen molar-refractivity contribution in [2.24, 2.45) is 0 Å². The summed E-state index contributed by atoms with van der Waals surface area (Å²) < 4.78 is 7.86. The zero-order valence-corrected chi connectivity index (χ0v) is 18.9. The highest BCUT2D eigenvalue weighted by molar-refractivity contribution is 7.99. The van der Waals surface area contributed by atoms with Crippen molar-refractivity contribution in [3.63, 3.8) is 0 Å². The Kier molecular flexibility index (Phi) is 6.97. The highest BCUT2D eigenvalue weighted by atomic mass is 32.2. The van der Waals surface area contributed by atoms with Crippen molar-refractivity contribution in [3.05, 3.63) is 24.3 Å². The number of aromatic nitrogens is 3. The molecule has 2 aliphatic rings. The van der Waals surface area contributed by atoms with Crippen LogP contribution in [0.3, 0.4) is 0 Å². The quantitative estimate of drug-likeness (QED) is 0.609. The van der Waals surface area contributed by atoms with Gasteiger partial charge in [-0.1, -0.05) is 43.2 Å². The van der Waals surface area contributed by atoms with Gasteiger partial charge >= 0.3 is 0 Å². The first kappa shape index (κ1) is 21.2. The smallest absolute Gasteiger partial charge is 0.233 e. The number of carbonyl (C=O) groups is 1. The molecule has 1 aliphatic heterocycles. The summed E-state index contributed by atoms with van der Waals surface area (Å²) in [6.45, 7) is 3.04. The minimum absolute atomic E-state index is 0.212. The van der Waals surface area contributed by atoms with Crippen LogP contribution in [0.5, 0.6) is 5.75 Å². The van der Waals surface area contributed by atoms with Crippen LogP contribution in [0.25, 0.3) is 11.4 Å². The molecule has 1 aromatic carbocycles. The molecule has 1 atom stereocenters. The van der Waals surface area contributed by atoms with Gasteiger partial charge in [-0.15, -0.1) is 10.2 Å². The number of methoxy groups -OCH3 is 1. The first-order valence-corrected chi connectivity index (χ1v) is 12.2. The Balaban J connectivity index is 1.59. The standard InChI is InChI=1S/C23H32N4O2S/c1-17-10-8-9-15-26(17)21(28)16-30-23-25-24-22(19-13-6-7-14-20(19)29-2)27(23)18-11-4-3-5-12-18/h6-7,13-14,17-18H,3-5,8-12,15-16H2,1-2H3. The third-order valence-corrected chi connectivity index (χ3v) is 7.33. The van der Waals surface area contributed by atoms with Crippen LogP contribution < -0.4 is 4.74 Å². The molecule has 1 aromatic heterocycles. The molecular formula is C23H32N4O2S. The maximum absolute atomic E-state index is 12.9. The van der Waals surface area contributed by atoms with Crippen LogP contribution in [0.15, 0.2) is 29.4 Å². The Morgan fingerprint density at radius 3 is 2.63 bits per heavy atom. The summed E-state index contributed by atoms with van der Waals surface area (Å²) in [5.74, 6) is 2.28. The van der Waals surface area contributed by atoms with Crippen molar-refractivity contribution in [3.8, 4) is 17.1 Å². The lowest BCUT2D eigenvalue weighted by Crippen LogP contribution is -2.43. The van der Waals surface area contributed by atoms with Gasteiger partial charge in [0.15, 0.2) is 11.0 Å². The number of ether oxygens (including phenoxy) is 1. The van der Waals surface area contributed by atoms with Gasteiger partial charge < -0.3 is 9.64 Å². The summed E-state index contributed by atoms with van der Waals surface area (Å²) in [5, 5.41) is 9.94. The molecule has 0 spiro atoms. The Morgan fingerprint density at radius 1 is 1.10 bits per heavy atom. The van der Waals surface area contributed by atoms with Crippen molar-refractivity contribution in [1.29, 1.82) is 0 Å². The molecular weight excluding hydrogens is 396 g/mol. The molecule has 0 N–H and O–H groups in total. The van der Waals surface area contributed by atoms with Crippen molar-refractivity contribution < 1.29 is 9.53 Å². The van der Waals surface area contributed by atoms with Crippen molar-refractivity contribution in [2.45, 2.75) is 75.5 Å². The fourth-order valence-corrected chi connectivity index (χ4v) is 5.63. The first-order chi connectivity index (χ1) is 14.7. The van der Waals surface area contributed by atoms with E-state index in [1.807, 2.05) is 29.2 Å². The normalized spacial score (nSPS) is 20.3. The van der Waals surface area contributed by atoms with E-state index in [1.54, 1.807) is 7.11 Å². The maximum Gasteiger partial charge on any atom is 0.233 e. The summed E-state index contributed by atoms with van der Waals surface area (Å²) in [4.78, 5) is 14.9. The fourth-order valence-electron chi connectivity index (χ4n) is 4.73. The molecule has 162 valence electrons. The van der Waals surface area contributed by atoms with E-state index in [-0.39, 0.29) is 5.91 Å². The number of hydrogen-bond donors (Lipinski definition) is 0. The lowest BCUT2D eigenvalue weighted by molar-refractivity contribution is -0.131. The number of piperidine rings is 1. The largest absolute Gasteiger partial charge is 0.496 e. The highest BCUT2D eigenvalue weighted by Gasteiger charge is 2.27. The van der Waals surface area contributed by atoms with Crippen LogP contribution in [0.2, 0.25) is 0 Å². The molecule has 0 bridgehead atoms. The van der Waals surface area contributed by atoms with Gasteiger partial charge in [0.25, 0.3) is 0 Å². The zero-order chi connectivity index (χ0) is 20.9. The van der Waals surface area contributed by atoms with Gasteiger partial charge in [0, 0.05) is 18.6 Å². The molecule has 30 heavy (non-hydrogen) atoms. The first-order valence-electron chi connectivity index (χ1n) is 11.2. The third kappa shape index (κ3) is 4.51. The lowest BCUT2D eigenvalue weighted by Gasteiger charge is -2.33. The Bertz CT molecular complexity index is 863. The van der Waals surface area contributed by atoms with Crippen LogP contribution in [0.4, 0.5) is 0 Å². The van der Waals surface area contributed by atoms with Gasteiger partial charge in [-0.05, 0) is 51.2 Å². The zero-order valence-electron chi connectivity index (χ0n) is 18.0. The molecule has 4 rings (SSSR count). The van der Waals surface area contributed by atoms with Crippen molar-refractivity contribution in [1.82, 2.24) is 19.7 Å². The summed E-state index contributed by atoms with van der Waals surface area (Å²) in [7, 11) is 1.69. The Hall–Kier alpha value is -2.02. The van der Waals surface area contributed by atoms with Gasteiger partial charge in [0.05, 0.1) is 18.4 Å². The van der Waals surface area contributed by atoms with Gasteiger partial charge in [-0.2, -0.15) is 0 Å². The van der Waals surface area contributed by atoms with Crippen LogP contribution >= 0.6 is 11.8 Å². The van der Waals surface area contributed by atoms with Gasteiger partial charge in [-0.25, -0.2) is 0 Å². The van der Waals surface area contributed by atoms with E-state index in [0.717, 1.165) is 54.5 Å². The highest BCUT2D eigenvalue weighted by Crippen LogP contribution is 2.38. The topological polar surface area (TPSA) is 60.3 Å². The molecule has 2 heterocycles. The molecule has 1 amide bonds. The van der Waals surface area contributed by atoms with Crippen LogP contribution in [-0.2, 0) is 4.79 Å². The maximum atomic E-state index is 12.9. The van der Waals surface area contributed by atoms with E-state index in [0.29, 0.717) is 17.8 Å². The molecule has 1 unspecified atom stereocenters. The van der Waals surface area contributed by atoms with Gasteiger partial charge in [0.1, 0.15) is 5.75 Å². The molecule has 2 aromatic rings. The second kappa shape index (κ2) is 9.86. The van der Waals surface area contributed by atoms with E-state index in [2.05, 4.69) is 21.7 Å². The predicted molar refractivity (Wildman–Crippen MR) is 120 cm³/mol. The number of carbonyl (C=O) groups excluding carboxylic acids is 1. The van der Waals surface area contributed by atoms with E-state index in [9.17, 15) is 4.79 Å². The number of nitrogens with zero attached hydrogens (tertiary/aromatic N) is 4. The third-order valence-electron chi connectivity index (χ3n) is 6.40. The number of amides is 1. The monoisotopic (exact) mass is 428 g/mol. The van der Waals surface area contributed by atoms with E-state index < -0.39 is 0 Å². The van der Waals surface area contributed by atoms with E-state index >= 15 is 0 Å². The number of para-hydroxylation sites is 1. The molecule has 1 saturated heterocycles. The number of rotatable bonds is 6. The Labute approximate surface area is 183 Å². The summed E-state index contributed by atoms with van der Waals surface area (Å²) in [6, 6.07) is 8.69. The number of likely N-dealkylation sites (tertiary alicyclic amines) is 1. The minimum atomic E-state index is 0.212. The average Bonchev–Trinajstić information content (AvgIpc) is 3.22. The number of benzene rings is 1. The number of thioether (sulfide) groups is 1. The number of hydrogen-bond acceptors (Lipinski definition) is 5. The van der Waals surface area contributed by atoms with Crippen LogP contribution in [-0.4, -0.2) is 51.0 Å². The molecule has 2 fully saturated rings. The fraction of sp³-hybridized carbons (Fsp3) is 0.609. The second-order valence-electron chi connectivity index (χ2n) is 8.39. The average molecular weight is 429 g/mol. The van der Waals surface area contributed by atoms with Crippen LogP contribution in [0.1, 0.15) is 64.3 Å². The molecule has 1 saturated carbocycles. The predicted octanol–water partition coefficient (Wildman–Crippen LogP) is 4.95. The van der Waals surface area contributed by atoms with Crippen molar-refractivity contribution in [2.75, 3.05) is 19.4 Å². The lowest BCUT2D eigenvalue weighted by atomic mass is 9.95. The van der Waals surface area contributed by atoms with Crippen LogP contribution in [0, 0.1) is 0 Å². The van der Waals surface area contributed by atoms with Gasteiger partial charge in [0.2, 0.25) is 5.91 Å². The van der Waals surface area contributed by atoms with E-state index in [4.69, 9.17) is 4.74 Å². The second-order valence-corrected chi connectivity index (χ2v) is 9.33. The van der Waals surface area contributed by atoms with Gasteiger partial charge in [-0.3, -0.25) is 9.36 Å².